The molecule has 4 nitrogen and oxygen atoms in total. The van der Waals surface area contributed by atoms with E-state index in [1.807, 2.05) is 0 Å². The van der Waals surface area contributed by atoms with Gasteiger partial charge in [0.2, 0.25) is 0 Å². The number of amides is 1. The molecule has 0 saturated carbocycles. The van der Waals surface area contributed by atoms with E-state index in [-0.39, 0.29) is 11.6 Å². The predicted octanol–water partition coefficient (Wildman–Crippen LogP) is 3.47. The first-order chi connectivity index (χ1) is 9.78. The van der Waals surface area contributed by atoms with E-state index in [1.54, 1.807) is 32.9 Å². The molecule has 1 fully saturated rings. The number of ether oxygens (including phenoxy) is 1. The zero-order valence-corrected chi connectivity index (χ0v) is 12.6. The minimum Gasteiger partial charge on any atom is -0.444 e. The highest BCUT2D eigenvalue weighted by Crippen LogP contribution is 2.29. The van der Waals surface area contributed by atoms with Crippen LogP contribution in [0.1, 0.15) is 45.2 Å². The lowest BCUT2D eigenvalue weighted by Crippen LogP contribution is -2.45. The first kappa shape index (κ1) is 15.5. The summed E-state index contributed by atoms with van der Waals surface area (Å²) in [7, 11) is 0. The number of nitrogens with zero attached hydrogens (tertiary/aromatic N) is 1. The summed E-state index contributed by atoms with van der Waals surface area (Å²) in [5.41, 5.74) is -0.00256. The Morgan fingerprint density at radius 3 is 2.48 bits per heavy atom. The van der Waals surface area contributed by atoms with Gasteiger partial charge in [-0.3, -0.25) is 9.69 Å². The van der Waals surface area contributed by atoms with Crippen molar-refractivity contribution in [3.05, 3.63) is 35.6 Å². The van der Waals surface area contributed by atoms with E-state index in [1.165, 1.54) is 17.0 Å². The van der Waals surface area contributed by atoms with Gasteiger partial charge < -0.3 is 4.74 Å². The van der Waals surface area contributed by atoms with Crippen LogP contribution < -0.4 is 0 Å². The molecule has 21 heavy (non-hydrogen) atoms. The molecule has 0 aliphatic carbocycles. The van der Waals surface area contributed by atoms with Crippen LogP contribution in [0.5, 0.6) is 0 Å². The van der Waals surface area contributed by atoms with Crippen LogP contribution in [0.2, 0.25) is 0 Å². The van der Waals surface area contributed by atoms with Crippen molar-refractivity contribution in [1.82, 2.24) is 4.90 Å². The van der Waals surface area contributed by atoms with Crippen LogP contribution in [-0.4, -0.2) is 28.9 Å². The molecular formula is C16H20FNO3. The SMILES string of the molecule is CC(C)(C)OC(=O)N1CCCC(=O)C1c1ccc(F)cc1. The number of Topliss-reactive ketones (excluding diaryl/α,β-unsaturated/α-hetero) is 1. The number of halogens is 1. The number of hydrogen-bond acceptors (Lipinski definition) is 3. The topological polar surface area (TPSA) is 46.6 Å². The molecule has 0 bridgehead atoms. The number of piperidine rings is 1. The Balaban J connectivity index is 2.27. The molecule has 114 valence electrons. The van der Waals surface area contributed by atoms with Crippen LogP contribution in [0.3, 0.4) is 0 Å². The number of carbonyl (C=O) groups excluding carboxylic acids is 2. The fourth-order valence-electron chi connectivity index (χ4n) is 2.39. The van der Waals surface area contributed by atoms with Crippen molar-refractivity contribution in [2.75, 3.05) is 6.54 Å². The van der Waals surface area contributed by atoms with Gasteiger partial charge in [-0.2, -0.15) is 0 Å². The predicted molar refractivity (Wildman–Crippen MR) is 76.3 cm³/mol. The van der Waals surface area contributed by atoms with Crippen molar-refractivity contribution in [2.45, 2.75) is 45.3 Å². The Morgan fingerprint density at radius 1 is 1.29 bits per heavy atom. The van der Waals surface area contributed by atoms with Crippen LogP contribution >= 0.6 is 0 Å². The standard InChI is InChI=1S/C16H20FNO3/c1-16(2,3)21-15(20)18-10-4-5-13(19)14(18)11-6-8-12(17)9-7-11/h6-9,14H,4-5,10H2,1-3H3. The molecule has 2 rings (SSSR count). The van der Waals surface area contributed by atoms with Crippen LogP contribution in [-0.2, 0) is 9.53 Å². The number of benzene rings is 1. The quantitative estimate of drug-likeness (QED) is 0.796. The average Bonchev–Trinajstić information content (AvgIpc) is 2.38. The van der Waals surface area contributed by atoms with E-state index in [4.69, 9.17) is 4.74 Å². The van der Waals surface area contributed by atoms with Gasteiger partial charge in [-0.1, -0.05) is 12.1 Å². The molecule has 0 spiro atoms. The minimum atomic E-state index is -0.686. The Kier molecular flexibility index (Phi) is 4.30. The number of rotatable bonds is 1. The van der Waals surface area contributed by atoms with Gasteiger partial charge in [-0.05, 0) is 44.9 Å². The second kappa shape index (κ2) is 5.84. The zero-order valence-electron chi connectivity index (χ0n) is 12.6. The lowest BCUT2D eigenvalue weighted by molar-refractivity contribution is -0.127. The normalized spacial score (nSPS) is 19.5. The molecule has 1 unspecified atom stereocenters. The summed E-state index contributed by atoms with van der Waals surface area (Å²) in [4.78, 5) is 25.9. The van der Waals surface area contributed by atoms with Crippen LogP contribution in [0.4, 0.5) is 9.18 Å². The fraction of sp³-hybridized carbons (Fsp3) is 0.500. The Morgan fingerprint density at radius 2 is 1.90 bits per heavy atom. The van der Waals surface area contributed by atoms with E-state index >= 15 is 0 Å². The Hall–Kier alpha value is -1.91. The zero-order chi connectivity index (χ0) is 15.6. The highest BCUT2D eigenvalue weighted by atomic mass is 19.1. The third-order valence-electron chi connectivity index (χ3n) is 3.25. The van der Waals surface area contributed by atoms with Crippen molar-refractivity contribution in [3.63, 3.8) is 0 Å². The van der Waals surface area contributed by atoms with Gasteiger partial charge in [-0.25, -0.2) is 9.18 Å². The second-order valence-corrected chi connectivity index (χ2v) is 6.20. The van der Waals surface area contributed by atoms with Gasteiger partial charge in [0, 0.05) is 13.0 Å². The van der Waals surface area contributed by atoms with Crippen LogP contribution in [0, 0.1) is 5.82 Å². The summed E-state index contributed by atoms with van der Waals surface area (Å²) in [6.45, 7) is 5.80. The van der Waals surface area contributed by atoms with Gasteiger partial charge >= 0.3 is 6.09 Å². The van der Waals surface area contributed by atoms with Crippen molar-refractivity contribution < 1.29 is 18.7 Å². The second-order valence-electron chi connectivity index (χ2n) is 6.20. The van der Waals surface area contributed by atoms with Crippen LogP contribution in [0.25, 0.3) is 0 Å². The lowest BCUT2D eigenvalue weighted by Gasteiger charge is -2.36. The molecule has 1 aliphatic rings. The van der Waals surface area contributed by atoms with Crippen molar-refractivity contribution in [1.29, 1.82) is 0 Å². The van der Waals surface area contributed by atoms with Gasteiger partial charge in [0.05, 0.1) is 0 Å². The summed E-state index contributed by atoms with van der Waals surface area (Å²) >= 11 is 0. The molecule has 0 N–H and O–H groups in total. The molecule has 0 aromatic heterocycles. The van der Waals surface area contributed by atoms with E-state index in [2.05, 4.69) is 0 Å². The third kappa shape index (κ3) is 3.80. The Bertz CT molecular complexity index is 533. The minimum absolute atomic E-state index is 0.0429. The third-order valence-corrected chi connectivity index (χ3v) is 3.25. The van der Waals surface area contributed by atoms with Gasteiger partial charge in [0.25, 0.3) is 0 Å². The van der Waals surface area contributed by atoms with E-state index < -0.39 is 17.7 Å². The first-order valence-corrected chi connectivity index (χ1v) is 7.06. The molecule has 1 aromatic carbocycles. The first-order valence-electron chi connectivity index (χ1n) is 7.06. The summed E-state index contributed by atoms with van der Waals surface area (Å²) in [5, 5.41) is 0. The monoisotopic (exact) mass is 293 g/mol. The number of likely N-dealkylation sites (tertiary alicyclic amines) is 1. The molecule has 1 heterocycles. The average molecular weight is 293 g/mol. The van der Waals surface area contributed by atoms with Gasteiger partial charge in [-0.15, -0.1) is 0 Å². The highest BCUT2D eigenvalue weighted by Gasteiger charge is 2.36. The molecule has 5 heteroatoms. The van der Waals surface area contributed by atoms with Crippen molar-refractivity contribution in [3.8, 4) is 0 Å². The molecule has 1 saturated heterocycles. The summed E-state index contributed by atoms with van der Waals surface area (Å²) in [5.74, 6) is -0.412. The van der Waals surface area contributed by atoms with Gasteiger partial charge in [0.15, 0.2) is 5.78 Å². The maximum Gasteiger partial charge on any atom is 0.411 e. The van der Waals surface area contributed by atoms with Crippen molar-refractivity contribution >= 4 is 11.9 Å². The van der Waals surface area contributed by atoms with E-state index in [0.717, 1.165) is 0 Å². The molecule has 1 amide bonds. The largest absolute Gasteiger partial charge is 0.444 e. The molecule has 1 aromatic rings. The summed E-state index contributed by atoms with van der Waals surface area (Å²) in [6, 6.07) is 4.99. The number of carbonyl (C=O) groups is 2. The van der Waals surface area contributed by atoms with Crippen LogP contribution in [0.15, 0.2) is 24.3 Å². The van der Waals surface area contributed by atoms with Gasteiger partial charge in [0.1, 0.15) is 17.5 Å². The molecule has 1 aliphatic heterocycles. The van der Waals surface area contributed by atoms with Crippen molar-refractivity contribution in [2.24, 2.45) is 0 Å². The smallest absolute Gasteiger partial charge is 0.411 e. The van der Waals surface area contributed by atoms with E-state index in [0.29, 0.717) is 24.9 Å². The lowest BCUT2D eigenvalue weighted by atomic mass is 9.94. The summed E-state index contributed by atoms with van der Waals surface area (Å²) < 4.78 is 18.4. The maximum atomic E-state index is 13.0. The molecule has 0 radical (unpaired) electrons. The Labute approximate surface area is 123 Å². The molecular weight excluding hydrogens is 273 g/mol. The number of hydrogen-bond donors (Lipinski definition) is 0. The van der Waals surface area contributed by atoms with E-state index in [9.17, 15) is 14.0 Å². The summed E-state index contributed by atoms with van der Waals surface area (Å²) in [6.07, 6.45) is 0.529. The molecule has 1 atom stereocenters. The number of ketones is 1. The fourth-order valence-corrected chi connectivity index (χ4v) is 2.39. The maximum absolute atomic E-state index is 13.0. The highest BCUT2D eigenvalue weighted by molar-refractivity contribution is 5.89.